The summed E-state index contributed by atoms with van der Waals surface area (Å²) >= 11 is 11.9. The molecular weight excluding hydrogens is 299 g/mol. The number of nitro groups is 1. The second kappa shape index (κ2) is 6.11. The Hall–Kier alpha value is -1.78. The molecule has 1 atom stereocenters. The van der Waals surface area contributed by atoms with Gasteiger partial charge in [-0.3, -0.25) is 10.1 Å². The molecule has 0 bridgehead atoms. The number of halogens is 2. The van der Waals surface area contributed by atoms with Gasteiger partial charge in [-0.1, -0.05) is 41.4 Å². The average Bonchev–Trinajstić information content (AvgIpc) is 2.37. The first-order valence-corrected chi connectivity index (χ1v) is 6.69. The molecule has 0 aliphatic rings. The Morgan fingerprint density at radius 3 is 2.35 bits per heavy atom. The Kier molecular flexibility index (Phi) is 4.47. The van der Waals surface area contributed by atoms with Gasteiger partial charge in [-0.05, 0) is 25.1 Å². The highest BCUT2D eigenvalue weighted by atomic mass is 35.5. The number of para-hydroxylation sites is 1. The molecular formula is C14H12Cl2N2O2. The lowest BCUT2D eigenvalue weighted by Crippen LogP contribution is -2.09. The van der Waals surface area contributed by atoms with E-state index in [0.717, 1.165) is 0 Å². The number of benzene rings is 2. The molecule has 0 heterocycles. The normalized spacial score (nSPS) is 11.9. The number of anilines is 1. The molecule has 0 amide bonds. The van der Waals surface area contributed by atoms with Crippen molar-refractivity contribution >= 4 is 34.6 Å². The molecule has 6 heteroatoms. The molecule has 0 radical (unpaired) electrons. The lowest BCUT2D eigenvalue weighted by molar-refractivity contribution is -0.385. The maximum Gasteiger partial charge on any atom is 0.274 e. The molecule has 1 unspecified atom stereocenters. The summed E-state index contributed by atoms with van der Waals surface area (Å²) in [4.78, 5) is 10.6. The van der Waals surface area contributed by atoms with E-state index in [0.29, 0.717) is 21.3 Å². The molecule has 0 aromatic heterocycles. The quantitative estimate of drug-likeness (QED) is 0.633. The van der Waals surface area contributed by atoms with E-state index in [1.54, 1.807) is 36.4 Å². The van der Waals surface area contributed by atoms with Gasteiger partial charge in [0.1, 0.15) is 0 Å². The molecule has 104 valence electrons. The fourth-order valence-electron chi connectivity index (χ4n) is 1.98. The van der Waals surface area contributed by atoms with Crippen molar-refractivity contribution in [3.05, 3.63) is 68.2 Å². The van der Waals surface area contributed by atoms with Gasteiger partial charge in [0.25, 0.3) is 5.69 Å². The van der Waals surface area contributed by atoms with Gasteiger partial charge in [-0.25, -0.2) is 0 Å². The van der Waals surface area contributed by atoms with Gasteiger partial charge in [0.2, 0.25) is 0 Å². The van der Waals surface area contributed by atoms with Crippen molar-refractivity contribution in [1.82, 2.24) is 0 Å². The third-order valence-electron chi connectivity index (χ3n) is 2.85. The average molecular weight is 311 g/mol. The van der Waals surface area contributed by atoms with Gasteiger partial charge in [-0.15, -0.1) is 0 Å². The first kappa shape index (κ1) is 14.6. The third-order valence-corrected chi connectivity index (χ3v) is 3.28. The van der Waals surface area contributed by atoms with E-state index in [-0.39, 0.29) is 11.7 Å². The monoisotopic (exact) mass is 310 g/mol. The topological polar surface area (TPSA) is 55.2 Å². The van der Waals surface area contributed by atoms with E-state index in [2.05, 4.69) is 5.32 Å². The zero-order valence-corrected chi connectivity index (χ0v) is 12.2. The summed E-state index contributed by atoms with van der Waals surface area (Å²) in [6.07, 6.45) is 0. The van der Waals surface area contributed by atoms with Crippen molar-refractivity contribution in [3.63, 3.8) is 0 Å². The minimum absolute atomic E-state index is 0.0839. The Morgan fingerprint density at radius 1 is 1.15 bits per heavy atom. The third kappa shape index (κ3) is 3.40. The van der Waals surface area contributed by atoms with Gasteiger partial charge in [0.15, 0.2) is 0 Å². The first-order valence-electron chi connectivity index (χ1n) is 5.93. The SMILES string of the molecule is CC(Nc1cc(Cl)cc(Cl)c1)c1ccccc1[N+](=O)[O-]. The van der Waals surface area contributed by atoms with Crippen LogP contribution in [0.4, 0.5) is 11.4 Å². The standard InChI is InChI=1S/C14H12Cl2N2O2/c1-9(13-4-2-3-5-14(13)18(19)20)17-12-7-10(15)6-11(16)8-12/h2-9,17H,1H3. The second-order valence-electron chi connectivity index (χ2n) is 4.34. The maximum absolute atomic E-state index is 11.0. The molecule has 0 fully saturated rings. The molecule has 0 aliphatic carbocycles. The van der Waals surface area contributed by atoms with Crippen LogP contribution >= 0.6 is 23.2 Å². The summed E-state index contributed by atoms with van der Waals surface area (Å²) in [5.41, 5.74) is 1.40. The van der Waals surface area contributed by atoms with Crippen molar-refractivity contribution in [2.24, 2.45) is 0 Å². The summed E-state index contributed by atoms with van der Waals surface area (Å²) < 4.78 is 0. The smallest absolute Gasteiger partial charge is 0.274 e. The minimum Gasteiger partial charge on any atom is -0.378 e. The number of nitrogens with zero attached hydrogens (tertiary/aromatic N) is 1. The summed E-state index contributed by atoms with van der Waals surface area (Å²) in [6.45, 7) is 1.84. The lowest BCUT2D eigenvalue weighted by Gasteiger charge is -2.16. The van der Waals surface area contributed by atoms with E-state index >= 15 is 0 Å². The number of hydrogen-bond acceptors (Lipinski definition) is 3. The van der Waals surface area contributed by atoms with Crippen molar-refractivity contribution in [3.8, 4) is 0 Å². The molecule has 4 nitrogen and oxygen atoms in total. The van der Waals surface area contributed by atoms with Crippen LogP contribution in [0, 0.1) is 10.1 Å². The number of nitrogens with one attached hydrogen (secondary N) is 1. The van der Waals surface area contributed by atoms with Crippen LogP contribution in [0.25, 0.3) is 0 Å². The lowest BCUT2D eigenvalue weighted by atomic mass is 10.1. The summed E-state index contributed by atoms with van der Waals surface area (Å²) in [6, 6.07) is 11.4. The van der Waals surface area contributed by atoms with Gasteiger partial charge in [-0.2, -0.15) is 0 Å². The molecule has 0 saturated carbocycles. The molecule has 0 aliphatic heterocycles. The fraction of sp³-hybridized carbons (Fsp3) is 0.143. The van der Waals surface area contributed by atoms with Crippen LogP contribution in [0.5, 0.6) is 0 Å². The molecule has 2 aromatic carbocycles. The van der Waals surface area contributed by atoms with Crippen molar-refractivity contribution < 1.29 is 4.92 Å². The highest BCUT2D eigenvalue weighted by molar-refractivity contribution is 6.35. The predicted molar refractivity (Wildman–Crippen MR) is 81.6 cm³/mol. The fourth-order valence-corrected chi connectivity index (χ4v) is 2.51. The summed E-state index contributed by atoms with van der Waals surface area (Å²) in [5.74, 6) is 0. The summed E-state index contributed by atoms with van der Waals surface area (Å²) in [5, 5.41) is 15.2. The largest absolute Gasteiger partial charge is 0.378 e. The van der Waals surface area contributed by atoms with Gasteiger partial charge < -0.3 is 5.32 Å². The van der Waals surface area contributed by atoms with E-state index < -0.39 is 4.92 Å². The predicted octanol–water partition coefficient (Wildman–Crippen LogP) is 5.07. The second-order valence-corrected chi connectivity index (χ2v) is 5.21. The van der Waals surface area contributed by atoms with Gasteiger partial charge in [0.05, 0.1) is 16.5 Å². The van der Waals surface area contributed by atoms with Crippen molar-refractivity contribution in [2.75, 3.05) is 5.32 Å². The van der Waals surface area contributed by atoms with E-state index in [1.807, 2.05) is 6.92 Å². The Morgan fingerprint density at radius 2 is 1.75 bits per heavy atom. The van der Waals surface area contributed by atoms with Crippen LogP contribution in [0.1, 0.15) is 18.5 Å². The van der Waals surface area contributed by atoms with Gasteiger partial charge in [0, 0.05) is 21.8 Å². The number of hydrogen-bond donors (Lipinski definition) is 1. The van der Waals surface area contributed by atoms with Gasteiger partial charge >= 0.3 is 0 Å². The molecule has 0 saturated heterocycles. The number of rotatable bonds is 4. The zero-order chi connectivity index (χ0) is 14.7. The van der Waals surface area contributed by atoms with Crippen LogP contribution < -0.4 is 5.32 Å². The highest BCUT2D eigenvalue weighted by Crippen LogP contribution is 2.29. The molecule has 2 rings (SSSR count). The molecule has 1 N–H and O–H groups in total. The maximum atomic E-state index is 11.0. The molecule has 20 heavy (non-hydrogen) atoms. The zero-order valence-electron chi connectivity index (χ0n) is 10.6. The van der Waals surface area contributed by atoms with Crippen LogP contribution in [0.2, 0.25) is 10.0 Å². The van der Waals surface area contributed by atoms with Crippen LogP contribution in [-0.2, 0) is 0 Å². The van der Waals surface area contributed by atoms with Crippen molar-refractivity contribution in [2.45, 2.75) is 13.0 Å². The Labute approximate surface area is 126 Å². The van der Waals surface area contributed by atoms with E-state index in [4.69, 9.17) is 23.2 Å². The molecule has 0 spiro atoms. The minimum atomic E-state index is -0.390. The highest BCUT2D eigenvalue weighted by Gasteiger charge is 2.18. The van der Waals surface area contributed by atoms with Crippen molar-refractivity contribution in [1.29, 1.82) is 0 Å². The van der Waals surface area contributed by atoms with E-state index in [1.165, 1.54) is 6.07 Å². The van der Waals surface area contributed by atoms with Crippen LogP contribution in [0.3, 0.4) is 0 Å². The first-order chi connectivity index (χ1) is 9.47. The van der Waals surface area contributed by atoms with E-state index in [9.17, 15) is 10.1 Å². The Bertz CT molecular complexity index is 627. The van der Waals surface area contributed by atoms with Crippen LogP contribution in [-0.4, -0.2) is 4.92 Å². The Balaban J connectivity index is 2.28. The molecule has 2 aromatic rings. The number of nitro benzene ring substituents is 1. The summed E-state index contributed by atoms with van der Waals surface area (Å²) in [7, 11) is 0. The van der Waals surface area contributed by atoms with Crippen LogP contribution in [0.15, 0.2) is 42.5 Å².